The van der Waals surface area contributed by atoms with Gasteiger partial charge in [-0.3, -0.25) is 9.59 Å². The smallest absolute Gasteiger partial charge is 0.227 e. The van der Waals surface area contributed by atoms with E-state index in [9.17, 15) is 14.0 Å². The first-order chi connectivity index (χ1) is 9.65. The quantitative estimate of drug-likeness (QED) is 0.808. The summed E-state index contributed by atoms with van der Waals surface area (Å²) in [6.07, 6.45) is 2.19. The number of fused-ring (bicyclic) bond motifs is 1. The van der Waals surface area contributed by atoms with Crippen LogP contribution >= 0.6 is 0 Å². The van der Waals surface area contributed by atoms with E-state index >= 15 is 0 Å². The molecule has 20 heavy (non-hydrogen) atoms. The topological polar surface area (TPSA) is 50.5 Å². The van der Waals surface area contributed by atoms with Crippen LogP contribution in [0.1, 0.15) is 22.5 Å². The standard InChI is InChI=1S/C15H12FNO3/c16-11-4-5-12-10(8-11)3-6-15(19)17(12)9-13(18)14-2-1-7-20-14/h1-2,4-5,7-8H,3,6,9H2. The van der Waals surface area contributed by atoms with Gasteiger partial charge in [0.25, 0.3) is 0 Å². The Hall–Kier alpha value is -2.43. The van der Waals surface area contributed by atoms with Crippen molar-refractivity contribution < 1.29 is 18.4 Å². The molecule has 0 saturated heterocycles. The minimum absolute atomic E-state index is 0.0923. The van der Waals surface area contributed by atoms with Crippen molar-refractivity contribution in [1.29, 1.82) is 0 Å². The molecule has 102 valence electrons. The zero-order valence-electron chi connectivity index (χ0n) is 10.6. The van der Waals surface area contributed by atoms with Gasteiger partial charge in [0, 0.05) is 12.1 Å². The minimum atomic E-state index is -0.338. The minimum Gasteiger partial charge on any atom is -0.461 e. The van der Waals surface area contributed by atoms with Gasteiger partial charge in [0.05, 0.1) is 12.8 Å². The zero-order valence-corrected chi connectivity index (χ0v) is 10.6. The van der Waals surface area contributed by atoms with E-state index in [1.54, 1.807) is 12.1 Å². The van der Waals surface area contributed by atoms with E-state index in [1.807, 2.05) is 0 Å². The number of anilines is 1. The van der Waals surface area contributed by atoms with Crippen LogP contribution in [0.3, 0.4) is 0 Å². The van der Waals surface area contributed by atoms with Crippen LogP contribution in [0.4, 0.5) is 10.1 Å². The van der Waals surface area contributed by atoms with Crippen LogP contribution in [0.5, 0.6) is 0 Å². The summed E-state index contributed by atoms with van der Waals surface area (Å²) in [4.78, 5) is 25.4. The molecule has 0 spiro atoms. The number of furan rings is 1. The maximum atomic E-state index is 13.2. The number of rotatable bonds is 3. The number of nitrogens with zero attached hydrogens (tertiary/aromatic N) is 1. The highest BCUT2D eigenvalue weighted by Gasteiger charge is 2.27. The molecule has 0 aliphatic carbocycles. The zero-order chi connectivity index (χ0) is 14.1. The highest BCUT2D eigenvalue weighted by Crippen LogP contribution is 2.28. The van der Waals surface area contributed by atoms with Crippen LogP contribution in [-0.4, -0.2) is 18.2 Å². The summed E-state index contributed by atoms with van der Waals surface area (Å²) in [5, 5.41) is 0. The molecule has 1 amide bonds. The Kier molecular flexibility index (Phi) is 3.10. The van der Waals surface area contributed by atoms with Gasteiger partial charge < -0.3 is 9.32 Å². The summed E-state index contributed by atoms with van der Waals surface area (Å²) < 4.78 is 18.3. The predicted octanol–water partition coefficient (Wildman–Crippen LogP) is 2.58. The van der Waals surface area contributed by atoms with Crippen LogP contribution < -0.4 is 4.90 Å². The van der Waals surface area contributed by atoms with E-state index in [-0.39, 0.29) is 36.2 Å². The Balaban J connectivity index is 1.90. The van der Waals surface area contributed by atoms with Crippen molar-refractivity contribution in [1.82, 2.24) is 0 Å². The van der Waals surface area contributed by atoms with Gasteiger partial charge in [-0.05, 0) is 42.3 Å². The largest absolute Gasteiger partial charge is 0.461 e. The summed E-state index contributed by atoms with van der Waals surface area (Å²) in [5.74, 6) is -0.535. The summed E-state index contributed by atoms with van der Waals surface area (Å²) in [5.41, 5.74) is 1.35. The van der Waals surface area contributed by atoms with Crippen LogP contribution in [0.15, 0.2) is 41.0 Å². The van der Waals surface area contributed by atoms with Gasteiger partial charge in [0.2, 0.25) is 11.7 Å². The molecular weight excluding hydrogens is 261 g/mol. The maximum Gasteiger partial charge on any atom is 0.227 e. The van der Waals surface area contributed by atoms with Gasteiger partial charge in [-0.25, -0.2) is 4.39 Å². The maximum absolute atomic E-state index is 13.2. The van der Waals surface area contributed by atoms with Crippen molar-refractivity contribution in [3.8, 4) is 0 Å². The van der Waals surface area contributed by atoms with Crippen LogP contribution in [0, 0.1) is 5.82 Å². The van der Waals surface area contributed by atoms with Crippen LogP contribution in [-0.2, 0) is 11.2 Å². The lowest BCUT2D eigenvalue weighted by Gasteiger charge is -2.28. The molecular formula is C15H12FNO3. The molecule has 0 unspecified atom stereocenters. The Labute approximate surface area is 114 Å². The van der Waals surface area contributed by atoms with E-state index in [1.165, 1.54) is 29.4 Å². The average Bonchev–Trinajstić information content (AvgIpc) is 2.96. The highest BCUT2D eigenvalue weighted by molar-refractivity contribution is 6.05. The van der Waals surface area contributed by atoms with E-state index in [0.29, 0.717) is 12.1 Å². The number of carbonyl (C=O) groups excluding carboxylic acids is 2. The molecule has 0 N–H and O–H groups in total. The molecule has 0 fully saturated rings. The third-order valence-electron chi connectivity index (χ3n) is 3.34. The lowest BCUT2D eigenvalue weighted by molar-refractivity contribution is -0.118. The summed E-state index contributed by atoms with van der Waals surface area (Å²) in [6.45, 7) is -0.0923. The number of benzene rings is 1. The SMILES string of the molecule is O=C(CN1C(=O)CCc2cc(F)ccc21)c1ccco1. The van der Waals surface area contributed by atoms with Crippen LogP contribution in [0.25, 0.3) is 0 Å². The summed E-state index contributed by atoms with van der Waals surface area (Å²) >= 11 is 0. The fourth-order valence-corrected chi connectivity index (χ4v) is 2.36. The van der Waals surface area contributed by atoms with Gasteiger partial charge in [-0.1, -0.05) is 0 Å². The van der Waals surface area contributed by atoms with Crippen molar-refractivity contribution in [2.75, 3.05) is 11.4 Å². The number of hydrogen-bond donors (Lipinski definition) is 0. The first kappa shape index (κ1) is 12.6. The molecule has 0 radical (unpaired) electrons. The normalized spacial score (nSPS) is 14.2. The molecule has 3 rings (SSSR count). The molecule has 5 heteroatoms. The molecule has 4 nitrogen and oxygen atoms in total. The molecule has 1 aromatic heterocycles. The summed E-state index contributed by atoms with van der Waals surface area (Å²) in [6, 6.07) is 7.42. The molecule has 2 aromatic rings. The van der Waals surface area contributed by atoms with Gasteiger partial charge in [0.1, 0.15) is 5.82 Å². The van der Waals surface area contributed by atoms with Crippen molar-refractivity contribution in [3.63, 3.8) is 0 Å². The second-order valence-electron chi connectivity index (χ2n) is 4.65. The molecule has 0 atom stereocenters. The Morgan fingerprint density at radius 1 is 1.30 bits per heavy atom. The fourth-order valence-electron chi connectivity index (χ4n) is 2.36. The Morgan fingerprint density at radius 2 is 2.15 bits per heavy atom. The van der Waals surface area contributed by atoms with Crippen molar-refractivity contribution >= 4 is 17.4 Å². The van der Waals surface area contributed by atoms with E-state index < -0.39 is 0 Å². The first-order valence-electron chi connectivity index (χ1n) is 6.30. The summed E-state index contributed by atoms with van der Waals surface area (Å²) in [7, 11) is 0. The number of aryl methyl sites for hydroxylation is 1. The second kappa shape index (κ2) is 4.92. The second-order valence-corrected chi connectivity index (χ2v) is 4.65. The molecule has 0 bridgehead atoms. The fraction of sp³-hybridized carbons (Fsp3) is 0.200. The van der Waals surface area contributed by atoms with Crippen molar-refractivity contribution in [2.45, 2.75) is 12.8 Å². The molecule has 1 aliphatic rings. The monoisotopic (exact) mass is 273 g/mol. The average molecular weight is 273 g/mol. The van der Waals surface area contributed by atoms with Crippen molar-refractivity contribution in [3.05, 3.63) is 53.7 Å². The lowest BCUT2D eigenvalue weighted by atomic mass is 10.0. The lowest BCUT2D eigenvalue weighted by Crippen LogP contribution is -2.39. The third-order valence-corrected chi connectivity index (χ3v) is 3.34. The number of hydrogen-bond acceptors (Lipinski definition) is 3. The van der Waals surface area contributed by atoms with Crippen LogP contribution in [0.2, 0.25) is 0 Å². The van der Waals surface area contributed by atoms with Crippen molar-refractivity contribution in [2.24, 2.45) is 0 Å². The van der Waals surface area contributed by atoms with E-state index in [2.05, 4.69) is 0 Å². The number of Topliss-reactive ketones (excluding diaryl/α,β-unsaturated/α-hetero) is 1. The molecule has 0 saturated carbocycles. The molecule has 2 heterocycles. The van der Waals surface area contributed by atoms with E-state index in [0.717, 1.165) is 5.56 Å². The van der Waals surface area contributed by atoms with Gasteiger partial charge in [-0.2, -0.15) is 0 Å². The number of carbonyl (C=O) groups is 2. The third kappa shape index (κ3) is 2.22. The van der Waals surface area contributed by atoms with Gasteiger partial charge in [-0.15, -0.1) is 0 Å². The first-order valence-corrected chi connectivity index (χ1v) is 6.30. The number of amides is 1. The van der Waals surface area contributed by atoms with Gasteiger partial charge in [0.15, 0.2) is 5.76 Å². The molecule has 1 aliphatic heterocycles. The van der Waals surface area contributed by atoms with Gasteiger partial charge >= 0.3 is 0 Å². The highest BCUT2D eigenvalue weighted by atomic mass is 19.1. The van der Waals surface area contributed by atoms with E-state index in [4.69, 9.17) is 4.42 Å². The molecule has 1 aromatic carbocycles. The Bertz CT molecular complexity index is 664. The number of halogens is 1. The Morgan fingerprint density at radius 3 is 2.90 bits per heavy atom. The predicted molar refractivity (Wildman–Crippen MR) is 70.1 cm³/mol. The number of ketones is 1.